The van der Waals surface area contributed by atoms with E-state index in [-0.39, 0.29) is 0 Å². The topological polar surface area (TPSA) is 70.9 Å². The van der Waals surface area contributed by atoms with Gasteiger partial charge in [0.15, 0.2) is 5.60 Å². The highest BCUT2D eigenvalue weighted by Gasteiger charge is 2.40. The molecule has 0 aliphatic rings. The minimum absolute atomic E-state index is 0.476. The Morgan fingerprint density at radius 3 is 1.83 bits per heavy atom. The molecule has 5 nitrogen and oxygen atoms in total. The van der Waals surface area contributed by atoms with E-state index in [1.807, 2.05) is 50.2 Å². The van der Waals surface area contributed by atoms with Crippen molar-refractivity contribution in [3.63, 3.8) is 0 Å². The zero-order chi connectivity index (χ0) is 20.9. The largest absolute Gasteiger partial charge is 0.497 e. The summed E-state index contributed by atoms with van der Waals surface area (Å²) in [5.41, 5.74) is 4.44. The standard InChI is InChI=1S/C24H24N2O3/c1-17-4-10-20(11-5-17)24(28,21-12-6-18(2)7-13-21)23(27)26-25-16-19-8-14-22(29-3)15-9-19/h4-16,28H,1-3H3,(H,26,27). The molecule has 1 amide bonds. The monoisotopic (exact) mass is 388 g/mol. The SMILES string of the molecule is COc1ccc(C=NNC(=O)C(O)(c2ccc(C)cc2)c2ccc(C)cc2)cc1. The van der Waals surface area contributed by atoms with Crippen molar-refractivity contribution in [2.24, 2.45) is 5.10 Å². The Labute approximate surface area is 170 Å². The lowest BCUT2D eigenvalue weighted by Gasteiger charge is -2.27. The first-order valence-corrected chi connectivity index (χ1v) is 9.27. The van der Waals surface area contributed by atoms with E-state index < -0.39 is 11.5 Å². The summed E-state index contributed by atoms with van der Waals surface area (Å²) in [6.45, 7) is 3.90. The van der Waals surface area contributed by atoms with Crippen LogP contribution < -0.4 is 10.2 Å². The number of aliphatic hydroxyl groups is 1. The summed E-state index contributed by atoms with van der Waals surface area (Å²) in [6, 6.07) is 21.7. The van der Waals surface area contributed by atoms with E-state index in [1.54, 1.807) is 43.5 Å². The highest BCUT2D eigenvalue weighted by Crippen LogP contribution is 2.30. The Kier molecular flexibility index (Phi) is 6.10. The van der Waals surface area contributed by atoms with Gasteiger partial charge >= 0.3 is 0 Å². The number of benzene rings is 3. The number of amides is 1. The molecule has 148 valence electrons. The van der Waals surface area contributed by atoms with Crippen molar-refractivity contribution >= 4 is 12.1 Å². The zero-order valence-corrected chi connectivity index (χ0v) is 16.7. The van der Waals surface area contributed by atoms with E-state index in [1.165, 1.54) is 6.21 Å². The number of carbonyl (C=O) groups excluding carboxylic acids is 1. The fourth-order valence-corrected chi connectivity index (χ4v) is 2.95. The van der Waals surface area contributed by atoms with Crippen LogP contribution in [0.4, 0.5) is 0 Å². The molecule has 29 heavy (non-hydrogen) atoms. The molecule has 0 unspecified atom stereocenters. The van der Waals surface area contributed by atoms with Crippen molar-refractivity contribution in [2.45, 2.75) is 19.4 Å². The summed E-state index contributed by atoms with van der Waals surface area (Å²) >= 11 is 0. The fraction of sp³-hybridized carbons (Fsp3) is 0.167. The van der Waals surface area contributed by atoms with Crippen LogP contribution in [0.5, 0.6) is 5.75 Å². The average molecular weight is 388 g/mol. The van der Waals surface area contributed by atoms with Crippen molar-refractivity contribution < 1.29 is 14.6 Å². The van der Waals surface area contributed by atoms with E-state index in [0.29, 0.717) is 11.1 Å². The Morgan fingerprint density at radius 1 is 0.897 bits per heavy atom. The number of aryl methyl sites for hydroxylation is 2. The maximum Gasteiger partial charge on any atom is 0.281 e. The maximum atomic E-state index is 13.0. The normalized spacial score (nSPS) is 11.4. The van der Waals surface area contributed by atoms with Crippen LogP contribution in [0.2, 0.25) is 0 Å². The molecule has 5 heteroatoms. The van der Waals surface area contributed by atoms with E-state index in [9.17, 15) is 9.90 Å². The number of methoxy groups -OCH3 is 1. The first kappa shape index (κ1) is 20.3. The average Bonchev–Trinajstić information content (AvgIpc) is 2.74. The smallest absolute Gasteiger partial charge is 0.281 e. The number of nitrogens with zero attached hydrogens (tertiary/aromatic N) is 1. The summed E-state index contributed by atoms with van der Waals surface area (Å²) in [5, 5.41) is 15.5. The minimum Gasteiger partial charge on any atom is -0.497 e. The van der Waals surface area contributed by atoms with Crippen molar-refractivity contribution in [3.8, 4) is 5.75 Å². The predicted octanol–water partition coefficient (Wildman–Crippen LogP) is 3.70. The van der Waals surface area contributed by atoms with Gasteiger partial charge in [-0.1, -0.05) is 59.7 Å². The molecule has 0 fully saturated rings. The van der Waals surface area contributed by atoms with Crippen molar-refractivity contribution in [1.82, 2.24) is 5.43 Å². The minimum atomic E-state index is -1.86. The van der Waals surface area contributed by atoms with Gasteiger partial charge in [0.1, 0.15) is 5.75 Å². The molecule has 2 N–H and O–H groups in total. The third kappa shape index (κ3) is 4.52. The van der Waals surface area contributed by atoms with Gasteiger partial charge in [-0.05, 0) is 54.8 Å². The van der Waals surface area contributed by atoms with Crippen LogP contribution in [-0.2, 0) is 10.4 Å². The molecule has 3 rings (SSSR count). The Bertz CT molecular complexity index is 946. The number of carbonyl (C=O) groups is 1. The van der Waals surface area contributed by atoms with Gasteiger partial charge in [0.2, 0.25) is 0 Å². The third-order valence-corrected chi connectivity index (χ3v) is 4.76. The summed E-state index contributed by atoms with van der Waals surface area (Å²) in [4.78, 5) is 13.0. The zero-order valence-electron chi connectivity index (χ0n) is 16.7. The third-order valence-electron chi connectivity index (χ3n) is 4.76. The quantitative estimate of drug-likeness (QED) is 0.500. The van der Waals surface area contributed by atoms with Gasteiger partial charge in [-0.3, -0.25) is 4.79 Å². The second-order valence-corrected chi connectivity index (χ2v) is 6.91. The maximum absolute atomic E-state index is 13.0. The molecule has 0 spiro atoms. The lowest BCUT2D eigenvalue weighted by Crippen LogP contribution is -2.43. The van der Waals surface area contributed by atoms with E-state index in [4.69, 9.17) is 4.74 Å². The van der Waals surface area contributed by atoms with Crippen LogP contribution >= 0.6 is 0 Å². The van der Waals surface area contributed by atoms with Gasteiger partial charge in [-0.15, -0.1) is 0 Å². The molecule has 0 aromatic heterocycles. The molecule has 3 aromatic rings. The molecule has 0 saturated heterocycles. The summed E-state index contributed by atoms with van der Waals surface area (Å²) in [5.74, 6) is 0.106. The number of hydrazone groups is 1. The summed E-state index contributed by atoms with van der Waals surface area (Å²) in [6.07, 6.45) is 1.52. The van der Waals surface area contributed by atoms with Gasteiger partial charge in [0, 0.05) is 0 Å². The van der Waals surface area contributed by atoms with E-state index in [2.05, 4.69) is 10.5 Å². The van der Waals surface area contributed by atoms with Gasteiger partial charge in [0.05, 0.1) is 13.3 Å². The summed E-state index contributed by atoms with van der Waals surface area (Å²) < 4.78 is 5.12. The highest BCUT2D eigenvalue weighted by atomic mass is 16.5. The van der Waals surface area contributed by atoms with E-state index in [0.717, 1.165) is 22.4 Å². The molecular weight excluding hydrogens is 364 g/mol. The molecule has 0 bridgehead atoms. The lowest BCUT2D eigenvalue weighted by atomic mass is 9.85. The Balaban J connectivity index is 1.88. The number of hydrogen-bond acceptors (Lipinski definition) is 4. The molecule has 0 aliphatic carbocycles. The highest BCUT2D eigenvalue weighted by molar-refractivity contribution is 5.91. The van der Waals surface area contributed by atoms with Crippen molar-refractivity contribution in [3.05, 3.63) is 101 Å². The first-order valence-electron chi connectivity index (χ1n) is 9.27. The van der Waals surface area contributed by atoms with Gasteiger partial charge in [-0.2, -0.15) is 5.10 Å². The molecule has 0 aliphatic heterocycles. The lowest BCUT2D eigenvalue weighted by molar-refractivity contribution is -0.136. The first-order chi connectivity index (χ1) is 13.9. The number of rotatable bonds is 6. The second-order valence-electron chi connectivity index (χ2n) is 6.91. The number of hydrogen-bond donors (Lipinski definition) is 2. The number of nitrogens with one attached hydrogen (secondary N) is 1. The van der Waals surface area contributed by atoms with Crippen LogP contribution in [0, 0.1) is 13.8 Å². The molecule has 0 saturated carbocycles. The summed E-state index contributed by atoms with van der Waals surface area (Å²) in [7, 11) is 1.60. The van der Waals surface area contributed by atoms with Gasteiger partial charge in [-0.25, -0.2) is 5.43 Å². The molecule has 0 radical (unpaired) electrons. The van der Waals surface area contributed by atoms with Crippen molar-refractivity contribution in [2.75, 3.05) is 7.11 Å². The Morgan fingerprint density at radius 2 is 1.38 bits per heavy atom. The van der Waals surface area contributed by atoms with Crippen LogP contribution in [-0.4, -0.2) is 24.3 Å². The molecule has 3 aromatic carbocycles. The van der Waals surface area contributed by atoms with Crippen LogP contribution in [0.15, 0.2) is 77.9 Å². The van der Waals surface area contributed by atoms with Gasteiger partial charge in [0.25, 0.3) is 5.91 Å². The molecule has 0 heterocycles. The fourth-order valence-electron chi connectivity index (χ4n) is 2.95. The molecular formula is C24H24N2O3. The molecule has 0 atom stereocenters. The van der Waals surface area contributed by atoms with Crippen LogP contribution in [0.3, 0.4) is 0 Å². The van der Waals surface area contributed by atoms with Gasteiger partial charge < -0.3 is 9.84 Å². The van der Waals surface area contributed by atoms with Crippen molar-refractivity contribution in [1.29, 1.82) is 0 Å². The Hall–Kier alpha value is -3.44. The van der Waals surface area contributed by atoms with Crippen LogP contribution in [0.25, 0.3) is 0 Å². The number of ether oxygens (including phenoxy) is 1. The predicted molar refractivity (Wildman–Crippen MR) is 114 cm³/mol. The second kappa shape index (κ2) is 8.71. The van der Waals surface area contributed by atoms with E-state index >= 15 is 0 Å². The van der Waals surface area contributed by atoms with Crippen LogP contribution in [0.1, 0.15) is 27.8 Å².